The summed E-state index contributed by atoms with van der Waals surface area (Å²) in [6, 6.07) is 0.202. The van der Waals surface area contributed by atoms with Crippen LogP contribution in [0.25, 0.3) is 0 Å². The summed E-state index contributed by atoms with van der Waals surface area (Å²) in [5.41, 5.74) is 0. The van der Waals surface area contributed by atoms with Gasteiger partial charge >= 0.3 is 0 Å². The van der Waals surface area contributed by atoms with E-state index in [1.807, 2.05) is 13.8 Å². The third kappa shape index (κ3) is 3.25. The maximum absolute atomic E-state index is 9.53. The van der Waals surface area contributed by atoms with E-state index in [-0.39, 0.29) is 24.2 Å². The largest absolute Gasteiger partial charge is 0.392 e. The molecule has 0 heterocycles. The molecule has 0 bridgehead atoms. The first-order valence-electron chi connectivity index (χ1n) is 5.20. The molecule has 3 nitrogen and oxygen atoms in total. The zero-order chi connectivity index (χ0) is 9.84. The molecule has 0 aromatic rings. The highest BCUT2D eigenvalue weighted by molar-refractivity contribution is 4.83. The topological polar surface area (TPSA) is 52.5 Å². The highest BCUT2D eigenvalue weighted by atomic mass is 16.3. The van der Waals surface area contributed by atoms with Crippen LogP contribution in [0.3, 0.4) is 0 Å². The Morgan fingerprint density at radius 3 is 2.54 bits per heavy atom. The molecule has 13 heavy (non-hydrogen) atoms. The Balaban J connectivity index is 2.18. The molecule has 3 heteroatoms. The lowest BCUT2D eigenvalue weighted by atomic mass is 10.1. The Bertz CT molecular complexity index is 150. The zero-order valence-corrected chi connectivity index (χ0v) is 8.53. The van der Waals surface area contributed by atoms with Gasteiger partial charge in [0.05, 0.1) is 12.2 Å². The van der Waals surface area contributed by atoms with Crippen molar-refractivity contribution in [3.05, 3.63) is 0 Å². The number of hydrogen-bond acceptors (Lipinski definition) is 3. The minimum absolute atomic E-state index is 0.202. The van der Waals surface area contributed by atoms with Crippen molar-refractivity contribution >= 4 is 0 Å². The van der Waals surface area contributed by atoms with Crippen molar-refractivity contribution in [2.45, 2.75) is 51.4 Å². The van der Waals surface area contributed by atoms with Gasteiger partial charge in [0.1, 0.15) is 0 Å². The first-order valence-corrected chi connectivity index (χ1v) is 5.20. The fourth-order valence-corrected chi connectivity index (χ4v) is 1.69. The van der Waals surface area contributed by atoms with E-state index in [2.05, 4.69) is 5.32 Å². The van der Waals surface area contributed by atoms with Crippen molar-refractivity contribution in [1.29, 1.82) is 0 Å². The SMILES string of the molecule is CC(C)C(O)CN[C@@H]1CCC[C@H]1O. The second-order valence-corrected chi connectivity index (χ2v) is 4.32. The van der Waals surface area contributed by atoms with Crippen molar-refractivity contribution in [2.75, 3.05) is 6.54 Å². The predicted octanol–water partition coefficient (Wildman–Crippen LogP) is 0.506. The Morgan fingerprint density at radius 2 is 2.08 bits per heavy atom. The van der Waals surface area contributed by atoms with Crippen LogP contribution in [-0.4, -0.2) is 35.0 Å². The highest BCUT2D eigenvalue weighted by Gasteiger charge is 2.25. The van der Waals surface area contributed by atoms with Crippen LogP contribution >= 0.6 is 0 Å². The molecule has 0 aromatic heterocycles. The van der Waals surface area contributed by atoms with Crippen LogP contribution in [-0.2, 0) is 0 Å². The zero-order valence-electron chi connectivity index (χ0n) is 8.53. The van der Waals surface area contributed by atoms with E-state index in [0.717, 1.165) is 19.3 Å². The van der Waals surface area contributed by atoms with E-state index in [1.54, 1.807) is 0 Å². The Kier molecular flexibility index (Phi) is 4.16. The summed E-state index contributed by atoms with van der Waals surface area (Å²) in [4.78, 5) is 0. The van der Waals surface area contributed by atoms with Crippen LogP contribution in [0.1, 0.15) is 33.1 Å². The molecule has 0 saturated heterocycles. The molecule has 0 radical (unpaired) electrons. The van der Waals surface area contributed by atoms with E-state index >= 15 is 0 Å². The molecule has 1 fully saturated rings. The van der Waals surface area contributed by atoms with Gasteiger partial charge in [0.2, 0.25) is 0 Å². The molecular weight excluding hydrogens is 166 g/mol. The fraction of sp³-hybridized carbons (Fsp3) is 1.00. The molecule has 1 rings (SSSR count). The van der Waals surface area contributed by atoms with Crippen LogP contribution in [0.15, 0.2) is 0 Å². The van der Waals surface area contributed by atoms with Gasteiger partial charge in [-0.05, 0) is 25.2 Å². The van der Waals surface area contributed by atoms with Crippen LogP contribution in [0.2, 0.25) is 0 Å². The summed E-state index contributed by atoms with van der Waals surface area (Å²) >= 11 is 0. The smallest absolute Gasteiger partial charge is 0.0693 e. The summed E-state index contributed by atoms with van der Waals surface area (Å²) in [5.74, 6) is 0.283. The first-order chi connectivity index (χ1) is 6.11. The average molecular weight is 187 g/mol. The van der Waals surface area contributed by atoms with Crippen molar-refractivity contribution < 1.29 is 10.2 Å². The summed E-state index contributed by atoms with van der Waals surface area (Å²) in [5, 5.41) is 22.2. The van der Waals surface area contributed by atoms with Gasteiger partial charge in [0.15, 0.2) is 0 Å². The lowest BCUT2D eigenvalue weighted by Gasteiger charge is -2.20. The minimum Gasteiger partial charge on any atom is -0.392 e. The molecule has 3 atom stereocenters. The minimum atomic E-state index is -0.298. The summed E-state index contributed by atoms with van der Waals surface area (Å²) < 4.78 is 0. The van der Waals surface area contributed by atoms with Gasteiger partial charge in [0, 0.05) is 12.6 Å². The number of aliphatic hydroxyl groups is 2. The van der Waals surface area contributed by atoms with Crippen molar-refractivity contribution in [1.82, 2.24) is 5.32 Å². The lowest BCUT2D eigenvalue weighted by molar-refractivity contribution is 0.102. The summed E-state index contributed by atoms with van der Waals surface area (Å²) in [7, 11) is 0. The second kappa shape index (κ2) is 4.94. The lowest BCUT2D eigenvalue weighted by Crippen LogP contribution is -2.41. The average Bonchev–Trinajstić information content (AvgIpc) is 2.47. The Hall–Kier alpha value is -0.120. The van der Waals surface area contributed by atoms with Gasteiger partial charge in [-0.25, -0.2) is 0 Å². The van der Waals surface area contributed by atoms with Crippen molar-refractivity contribution in [3.8, 4) is 0 Å². The number of rotatable bonds is 4. The molecule has 1 unspecified atom stereocenters. The third-order valence-electron chi connectivity index (χ3n) is 2.84. The standard InChI is InChI=1S/C10H21NO2/c1-7(2)10(13)6-11-8-4-3-5-9(8)12/h7-13H,3-6H2,1-2H3/t8-,9-,10?/m1/s1. The van der Waals surface area contributed by atoms with Gasteiger partial charge in [-0.1, -0.05) is 13.8 Å². The summed E-state index contributed by atoms with van der Waals surface area (Å²) in [6.07, 6.45) is 2.52. The fourth-order valence-electron chi connectivity index (χ4n) is 1.69. The second-order valence-electron chi connectivity index (χ2n) is 4.32. The molecule has 1 aliphatic carbocycles. The third-order valence-corrected chi connectivity index (χ3v) is 2.84. The van der Waals surface area contributed by atoms with Gasteiger partial charge in [0.25, 0.3) is 0 Å². The molecule has 0 spiro atoms. The first kappa shape index (κ1) is 11.0. The molecule has 0 aromatic carbocycles. The molecule has 3 N–H and O–H groups in total. The number of hydrogen-bond donors (Lipinski definition) is 3. The molecular formula is C10H21NO2. The number of aliphatic hydroxyl groups excluding tert-OH is 2. The van der Waals surface area contributed by atoms with E-state index in [9.17, 15) is 10.2 Å². The van der Waals surface area contributed by atoms with Crippen LogP contribution in [0.4, 0.5) is 0 Å². The quantitative estimate of drug-likeness (QED) is 0.601. The van der Waals surface area contributed by atoms with E-state index in [1.165, 1.54) is 0 Å². The molecule has 1 aliphatic rings. The van der Waals surface area contributed by atoms with Crippen molar-refractivity contribution in [2.24, 2.45) is 5.92 Å². The normalized spacial score (nSPS) is 31.2. The van der Waals surface area contributed by atoms with E-state index in [4.69, 9.17) is 0 Å². The van der Waals surface area contributed by atoms with Crippen molar-refractivity contribution in [3.63, 3.8) is 0 Å². The molecule has 78 valence electrons. The van der Waals surface area contributed by atoms with Gasteiger partial charge < -0.3 is 15.5 Å². The van der Waals surface area contributed by atoms with Gasteiger partial charge in [-0.2, -0.15) is 0 Å². The van der Waals surface area contributed by atoms with Gasteiger partial charge in [-0.15, -0.1) is 0 Å². The Labute approximate surface area is 80.2 Å². The van der Waals surface area contributed by atoms with Crippen LogP contribution in [0, 0.1) is 5.92 Å². The van der Waals surface area contributed by atoms with Gasteiger partial charge in [-0.3, -0.25) is 0 Å². The Morgan fingerprint density at radius 1 is 1.38 bits per heavy atom. The number of nitrogens with one attached hydrogen (secondary N) is 1. The maximum atomic E-state index is 9.53. The molecule has 1 saturated carbocycles. The highest BCUT2D eigenvalue weighted by Crippen LogP contribution is 2.18. The predicted molar refractivity (Wildman–Crippen MR) is 52.5 cm³/mol. The molecule has 0 aliphatic heterocycles. The van der Waals surface area contributed by atoms with Crippen LogP contribution in [0.5, 0.6) is 0 Å². The molecule has 0 amide bonds. The van der Waals surface area contributed by atoms with Crippen LogP contribution < -0.4 is 5.32 Å². The monoisotopic (exact) mass is 187 g/mol. The maximum Gasteiger partial charge on any atom is 0.0693 e. The van der Waals surface area contributed by atoms with E-state index in [0.29, 0.717) is 6.54 Å². The van der Waals surface area contributed by atoms with E-state index < -0.39 is 0 Å². The summed E-state index contributed by atoms with van der Waals surface area (Å²) in [6.45, 7) is 4.59.